The van der Waals surface area contributed by atoms with Crippen molar-refractivity contribution in [3.8, 4) is 0 Å². The quantitative estimate of drug-likeness (QED) is 0.781. The average Bonchev–Trinajstić information content (AvgIpc) is 2.93. The summed E-state index contributed by atoms with van der Waals surface area (Å²) >= 11 is 1.15. The molecule has 2 rings (SSSR count). The number of amides is 1. The van der Waals surface area contributed by atoms with Crippen molar-refractivity contribution < 1.29 is 19.5 Å². The summed E-state index contributed by atoms with van der Waals surface area (Å²) in [5, 5.41) is 13.1. The van der Waals surface area contributed by atoms with Crippen LogP contribution < -0.4 is 5.32 Å². The van der Waals surface area contributed by atoms with Gasteiger partial charge in [0, 0.05) is 12.3 Å². The molecule has 90 valence electrons. The molecule has 1 aliphatic rings. The topological polar surface area (TPSA) is 96.4 Å². The van der Waals surface area contributed by atoms with Crippen LogP contribution in [0.3, 0.4) is 0 Å². The molecular weight excluding hydrogens is 244 g/mol. The zero-order valence-corrected chi connectivity index (χ0v) is 9.78. The Bertz CT molecular complexity index is 496. The van der Waals surface area contributed by atoms with E-state index in [4.69, 9.17) is 5.11 Å². The first-order valence-corrected chi connectivity index (χ1v) is 5.87. The van der Waals surface area contributed by atoms with Gasteiger partial charge >= 0.3 is 5.97 Å². The highest BCUT2D eigenvalue weighted by Crippen LogP contribution is 2.39. The van der Waals surface area contributed by atoms with Crippen molar-refractivity contribution in [1.29, 1.82) is 0 Å². The van der Waals surface area contributed by atoms with Crippen LogP contribution in [0.1, 0.15) is 23.8 Å². The van der Waals surface area contributed by atoms with Gasteiger partial charge in [0.15, 0.2) is 10.9 Å². The predicted octanol–water partition coefficient (Wildman–Crippen LogP) is 1.00. The van der Waals surface area contributed by atoms with Crippen molar-refractivity contribution in [2.45, 2.75) is 13.3 Å². The first-order valence-electron chi connectivity index (χ1n) is 4.99. The first kappa shape index (κ1) is 11.7. The highest BCUT2D eigenvalue weighted by Gasteiger charge is 2.48. The molecule has 1 amide bonds. The summed E-state index contributed by atoms with van der Waals surface area (Å²) in [7, 11) is 0. The highest BCUT2D eigenvalue weighted by molar-refractivity contribution is 7.14. The second-order valence-electron chi connectivity index (χ2n) is 3.87. The molecule has 0 saturated heterocycles. The molecular formula is C10H10N2O4S. The third-order valence-electron chi connectivity index (χ3n) is 2.54. The molecule has 0 bridgehead atoms. The third-order valence-corrected chi connectivity index (χ3v) is 3.30. The Hall–Kier alpha value is -1.76. The number of aliphatic carboxylic acids is 1. The molecule has 0 radical (unpaired) electrons. The summed E-state index contributed by atoms with van der Waals surface area (Å²) in [6.07, 6.45) is 0.367. The molecule has 1 aromatic rings. The highest BCUT2D eigenvalue weighted by atomic mass is 32.1. The SMILES string of the molecule is CC(=O)c1csc(NC(=O)[C@@H]2C[C@@H]2C(=O)O)n1. The second-order valence-corrected chi connectivity index (χ2v) is 4.73. The van der Waals surface area contributed by atoms with E-state index >= 15 is 0 Å². The van der Waals surface area contributed by atoms with E-state index in [2.05, 4.69) is 10.3 Å². The molecule has 0 aromatic carbocycles. The Morgan fingerprint density at radius 2 is 2.18 bits per heavy atom. The van der Waals surface area contributed by atoms with E-state index in [1.807, 2.05) is 0 Å². The maximum absolute atomic E-state index is 11.6. The van der Waals surface area contributed by atoms with Crippen molar-refractivity contribution in [3.05, 3.63) is 11.1 Å². The summed E-state index contributed by atoms with van der Waals surface area (Å²) < 4.78 is 0. The number of anilines is 1. The molecule has 1 aliphatic carbocycles. The van der Waals surface area contributed by atoms with Crippen molar-refractivity contribution in [3.63, 3.8) is 0 Å². The largest absolute Gasteiger partial charge is 0.481 e. The van der Waals surface area contributed by atoms with Gasteiger partial charge in [-0.05, 0) is 6.42 Å². The fourth-order valence-corrected chi connectivity index (χ4v) is 2.20. The summed E-state index contributed by atoms with van der Waals surface area (Å²) in [5.74, 6) is -2.52. The van der Waals surface area contributed by atoms with E-state index in [0.717, 1.165) is 11.3 Å². The van der Waals surface area contributed by atoms with Gasteiger partial charge in [0.25, 0.3) is 0 Å². The maximum atomic E-state index is 11.6. The van der Waals surface area contributed by atoms with E-state index in [1.165, 1.54) is 6.92 Å². The lowest BCUT2D eigenvalue weighted by Gasteiger charge is -1.98. The molecule has 6 nitrogen and oxygen atoms in total. The van der Waals surface area contributed by atoms with Gasteiger partial charge in [-0.25, -0.2) is 4.98 Å². The average molecular weight is 254 g/mol. The molecule has 1 saturated carbocycles. The molecule has 0 unspecified atom stereocenters. The number of nitrogens with zero attached hydrogens (tertiary/aromatic N) is 1. The monoisotopic (exact) mass is 254 g/mol. The number of carboxylic acids is 1. The lowest BCUT2D eigenvalue weighted by molar-refractivity contribution is -0.139. The summed E-state index contributed by atoms with van der Waals surface area (Å²) in [5.41, 5.74) is 0.302. The number of carbonyl (C=O) groups excluding carboxylic acids is 2. The molecule has 2 atom stereocenters. The number of Topliss-reactive ketones (excluding diaryl/α,β-unsaturated/α-hetero) is 1. The Balaban J connectivity index is 1.95. The van der Waals surface area contributed by atoms with E-state index in [1.54, 1.807) is 5.38 Å². The minimum Gasteiger partial charge on any atom is -0.481 e. The lowest BCUT2D eigenvalue weighted by Crippen LogP contribution is -2.16. The van der Waals surface area contributed by atoms with Crippen LogP contribution >= 0.6 is 11.3 Å². The van der Waals surface area contributed by atoms with Crippen LogP contribution in [0.25, 0.3) is 0 Å². The van der Waals surface area contributed by atoms with Gasteiger partial charge in [-0.2, -0.15) is 0 Å². The minimum atomic E-state index is -0.950. The van der Waals surface area contributed by atoms with Crippen LogP contribution in [0, 0.1) is 11.8 Å². The van der Waals surface area contributed by atoms with Gasteiger partial charge in [0.05, 0.1) is 11.8 Å². The molecule has 0 aliphatic heterocycles. The Labute approximate surface area is 101 Å². The molecule has 17 heavy (non-hydrogen) atoms. The van der Waals surface area contributed by atoms with Crippen molar-refractivity contribution in [2.75, 3.05) is 5.32 Å². The lowest BCUT2D eigenvalue weighted by atomic mass is 10.3. The Morgan fingerprint density at radius 3 is 2.65 bits per heavy atom. The molecule has 7 heteroatoms. The number of aromatic nitrogens is 1. The van der Waals surface area contributed by atoms with Crippen LogP contribution in [0.15, 0.2) is 5.38 Å². The van der Waals surface area contributed by atoms with Crippen LogP contribution in [0.5, 0.6) is 0 Å². The van der Waals surface area contributed by atoms with Crippen LogP contribution in [0.2, 0.25) is 0 Å². The molecule has 2 N–H and O–H groups in total. The van der Waals surface area contributed by atoms with Crippen molar-refractivity contribution >= 4 is 34.1 Å². The fourth-order valence-electron chi connectivity index (χ4n) is 1.45. The number of ketones is 1. The van der Waals surface area contributed by atoms with Gasteiger partial charge < -0.3 is 10.4 Å². The standard InChI is InChI=1S/C10H10N2O4S/c1-4(13)7-3-17-10(11-7)12-8(14)5-2-6(5)9(15)16/h3,5-6H,2H2,1H3,(H,15,16)(H,11,12,14)/t5-,6+/m1/s1. The van der Waals surface area contributed by atoms with Gasteiger partial charge in [-0.1, -0.05) is 0 Å². The normalized spacial score (nSPS) is 21.9. The van der Waals surface area contributed by atoms with Gasteiger partial charge in [-0.15, -0.1) is 11.3 Å². The minimum absolute atomic E-state index is 0.170. The predicted molar refractivity (Wildman–Crippen MR) is 60.0 cm³/mol. The molecule has 1 fully saturated rings. The van der Waals surface area contributed by atoms with E-state index in [-0.39, 0.29) is 11.7 Å². The number of thiazole rings is 1. The number of hydrogen-bond donors (Lipinski definition) is 2. The van der Waals surface area contributed by atoms with E-state index in [9.17, 15) is 14.4 Å². The van der Waals surface area contributed by atoms with Crippen molar-refractivity contribution in [2.24, 2.45) is 11.8 Å². The van der Waals surface area contributed by atoms with Crippen LogP contribution in [-0.4, -0.2) is 27.8 Å². The number of carboxylic acid groups (broad SMARTS) is 1. The smallest absolute Gasteiger partial charge is 0.307 e. The Kier molecular flexibility index (Phi) is 2.93. The van der Waals surface area contributed by atoms with Crippen LogP contribution in [0.4, 0.5) is 5.13 Å². The zero-order valence-electron chi connectivity index (χ0n) is 8.97. The summed E-state index contributed by atoms with van der Waals surface area (Å²) in [6, 6.07) is 0. The second kappa shape index (κ2) is 4.25. The van der Waals surface area contributed by atoms with Gasteiger partial charge in [-0.3, -0.25) is 14.4 Å². The van der Waals surface area contributed by atoms with Gasteiger partial charge in [0.1, 0.15) is 5.69 Å². The van der Waals surface area contributed by atoms with E-state index in [0.29, 0.717) is 17.2 Å². The van der Waals surface area contributed by atoms with Crippen molar-refractivity contribution in [1.82, 2.24) is 4.98 Å². The van der Waals surface area contributed by atoms with Gasteiger partial charge in [0.2, 0.25) is 5.91 Å². The number of nitrogens with one attached hydrogen (secondary N) is 1. The first-order chi connectivity index (χ1) is 7.99. The summed E-state index contributed by atoms with van der Waals surface area (Å²) in [4.78, 5) is 37.1. The number of rotatable bonds is 4. The number of carbonyl (C=O) groups is 3. The van der Waals surface area contributed by atoms with E-state index < -0.39 is 17.8 Å². The third kappa shape index (κ3) is 2.50. The maximum Gasteiger partial charge on any atom is 0.307 e. The van der Waals surface area contributed by atoms with Crippen LogP contribution in [-0.2, 0) is 9.59 Å². The molecule has 1 heterocycles. The number of hydrogen-bond acceptors (Lipinski definition) is 5. The molecule has 0 spiro atoms. The molecule has 1 aromatic heterocycles. The zero-order chi connectivity index (χ0) is 12.6. The fraction of sp³-hybridized carbons (Fsp3) is 0.400. The Morgan fingerprint density at radius 1 is 1.47 bits per heavy atom. The summed E-state index contributed by atoms with van der Waals surface area (Å²) in [6.45, 7) is 1.39.